The summed E-state index contributed by atoms with van der Waals surface area (Å²) in [6.07, 6.45) is 1.64. The number of hydrogen-bond donors (Lipinski definition) is 1. The molecule has 0 atom stereocenters. The first-order valence-corrected chi connectivity index (χ1v) is 5.26. The summed E-state index contributed by atoms with van der Waals surface area (Å²) < 4.78 is 1.40. The monoisotopic (exact) mass is 222 g/mol. The summed E-state index contributed by atoms with van der Waals surface area (Å²) in [5.41, 5.74) is 0.479. The third kappa shape index (κ3) is 3.88. The van der Waals surface area contributed by atoms with Crippen LogP contribution in [0.2, 0.25) is 0 Å². The molecule has 0 radical (unpaired) electrons. The van der Waals surface area contributed by atoms with Crippen LogP contribution in [0.15, 0.2) is 23.1 Å². The van der Waals surface area contributed by atoms with E-state index in [4.69, 9.17) is 0 Å². The summed E-state index contributed by atoms with van der Waals surface area (Å²) in [4.78, 5) is 23.1. The molecule has 1 heterocycles. The SMILES string of the molecule is Cc1ccn(CC(=O)NC(C)(C)C)c(=O)c1. The zero-order valence-corrected chi connectivity index (χ0v) is 10.2. The number of aryl methyl sites for hydroxylation is 1. The number of nitrogens with one attached hydrogen (secondary N) is 1. The van der Waals surface area contributed by atoms with E-state index in [0.717, 1.165) is 5.56 Å². The topological polar surface area (TPSA) is 51.1 Å². The van der Waals surface area contributed by atoms with Gasteiger partial charge >= 0.3 is 0 Å². The van der Waals surface area contributed by atoms with E-state index in [2.05, 4.69) is 5.32 Å². The number of nitrogens with zero attached hydrogens (tertiary/aromatic N) is 1. The lowest BCUT2D eigenvalue weighted by Crippen LogP contribution is -2.43. The van der Waals surface area contributed by atoms with E-state index in [-0.39, 0.29) is 23.6 Å². The van der Waals surface area contributed by atoms with Crippen molar-refractivity contribution in [1.29, 1.82) is 0 Å². The molecular weight excluding hydrogens is 204 g/mol. The minimum absolute atomic E-state index is 0.0659. The molecule has 0 aliphatic rings. The van der Waals surface area contributed by atoms with Gasteiger partial charge in [-0.1, -0.05) is 0 Å². The smallest absolute Gasteiger partial charge is 0.251 e. The molecule has 0 aromatic carbocycles. The van der Waals surface area contributed by atoms with Crippen LogP contribution in [0.1, 0.15) is 26.3 Å². The quantitative estimate of drug-likeness (QED) is 0.813. The fourth-order valence-electron chi connectivity index (χ4n) is 1.35. The Morgan fingerprint density at radius 3 is 2.56 bits per heavy atom. The van der Waals surface area contributed by atoms with Gasteiger partial charge in [0, 0.05) is 17.8 Å². The van der Waals surface area contributed by atoms with Crippen molar-refractivity contribution < 1.29 is 4.79 Å². The number of amides is 1. The molecule has 1 aromatic rings. The molecule has 0 aliphatic heterocycles. The number of rotatable bonds is 2. The second kappa shape index (κ2) is 4.51. The van der Waals surface area contributed by atoms with Gasteiger partial charge in [-0.05, 0) is 39.3 Å². The van der Waals surface area contributed by atoms with Gasteiger partial charge in [-0.15, -0.1) is 0 Å². The van der Waals surface area contributed by atoms with E-state index >= 15 is 0 Å². The van der Waals surface area contributed by atoms with Crippen LogP contribution in [0, 0.1) is 6.92 Å². The Morgan fingerprint density at radius 2 is 2.06 bits per heavy atom. The predicted octanol–water partition coefficient (Wildman–Crippen LogP) is 1.07. The number of pyridine rings is 1. The van der Waals surface area contributed by atoms with Gasteiger partial charge in [-0.25, -0.2) is 0 Å². The molecule has 0 fully saturated rings. The Bertz CT molecular complexity index is 441. The molecule has 1 aromatic heterocycles. The van der Waals surface area contributed by atoms with Crippen molar-refractivity contribution in [3.8, 4) is 0 Å². The zero-order valence-electron chi connectivity index (χ0n) is 10.2. The van der Waals surface area contributed by atoms with Crippen LogP contribution in [0.4, 0.5) is 0 Å². The third-order valence-corrected chi connectivity index (χ3v) is 1.98. The average molecular weight is 222 g/mol. The lowest BCUT2D eigenvalue weighted by Gasteiger charge is -2.20. The molecule has 4 heteroatoms. The highest BCUT2D eigenvalue weighted by atomic mass is 16.2. The van der Waals surface area contributed by atoms with E-state index in [1.165, 1.54) is 10.6 Å². The van der Waals surface area contributed by atoms with Gasteiger partial charge in [0.1, 0.15) is 6.54 Å². The number of carbonyl (C=O) groups is 1. The summed E-state index contributed by atoms with van der Waals surface area (Å²) in [6.45, 7) is 7.63. The number of hydrogen-bond acceptors (Lipinski definition) is 2. The van der Waals surface area contributed by atoms with Gasteiger partial charge in [0.15, 0.2) is 0 Å². The average Bonchev–Trinajstić information content (AvgIpc) is 2.06. The maximum Gasteiger partial charge on any atom is 0.251 e. The minimum atomic E-state index is -0.272. The van der Waals surface area contributed by atoms with Crippen molar-refractivity contribution in [2.24, 2.45) is 0 Å². The highest BCUT2D eigenvalue weighted by molar-refractivity contribution is 5.76. The Hall–Kier alpha value is -1.58. The zero-order chi connectivity index (χ0) is 12.3. The van der Waals surface area contributed by atoms with Gasteiger partial charge < -0.3 is 9.88 Å². The Kier molecular flexibility index (Phi) is 3.52. The van der Waals surface area contributed by atoms with Gasteiger partial charge in [-0.2, -0.15) is 0 Å². The lowest BCUT2D eigenvalue weighted by atomic mass is 10.1. The van der Waals surface area contributed by atoms with Crippen LogP contribution < -0.4 is 10.9 Å². The molecule has 0 unspecified atom stereocenters. The summed E-state index contributed by atoms with van der Waals surface area (Å²) in [5.74, 6) is -0.154. The van der Waals surface area contributed by atoms with Gasteiger partial charge in [0.2, 0.25) is 5.91 Å². The van der Waals surface area contributed by atoms with E-state index < -0.39 is 0 Å². The normalized spacial score (nSPS) is 11.2. The minimum Gasteiger partial charge on any atom is -0.350 e. The van der Waals surface area contributed by atoms with Crippen LogP contribution in [-0.2, 0) is 11.3 Å². The Morgan fingerprint density at radius 1 is 1.44 bits per heavy atom. The summed E-state index contributed by atoms with van der Waals surface area (Å²) in [6, 6.07) is 3.33. The van der Waals surface area contributed by atoms with Crippen LogP contribution in [0.5, 0.6) is 0 Å². The first kappa shape index (κ1) is 12.5. The predicted molar refractivity (Wildman–Crippen MR) is 63.3 cm³/mol. The van der Waals surface area contributed by atoms with Crippen LogP contribution in [-0.4, -0.2) is 16.0 Å². The largest absolute Gasteiger partial charge is 0.350 e. The molecule has 0 bridgehead atoms. The molecule has 0 spiro atoms. The standard InChI is InChI=1S/C12H18N2O2/c1-9-5-6-14(11(16)7-9)8-10(15)13-12(2,3)4/h5-7H,8H2,1-4H3,(H,13,15). The summed E-state index contributed by atoms with van der Waals surface area (Å²) in [7, 11) is 0. The fourth-order valence-corrected chi connectivity index (χ4v) is 1.35. The van der Waals surface area contributed by atoms with E-state index in [1.807, 2.05) is 33.8 Å². The molecule has 1 rings (SSSR count). The van der Waals surface area contributed by atoms with Crippen molar-refractivity contribution in [1.82, 2.24) is 9.88 Å². The Balaban J connectivity index is 2.74. The molecule has 88 valence electrons. The maximum absolute atomic E-state index is 11.6. The first-order valence-electron chi connectivity index (χ1n) is 5.26. The van der Waals surface area contributed by atoms with Gasteiger partial charge in [0.25, 0.3) is 5.56 Å². The molecule has 0 aliphatic carbocycles. The van der Waals surface area contributed by atoms with Crippen molar-refractivity contribution >= 4 is 5.91 Å². The second-order valence-electron chi connectivity index (χ2n) is 4.97. The van der Waals surface area contributed by atoms with E-state index in [1.54, 1.807) is 6.20 Å². The molecule has 1 N–H and O–H groups in total. The maximum atomic E-state index is 11.6. The van der Waals surface area contributed by atoms with Crippen molar-refractivity contribution in [3.63, 3.8) is 0 Å². The van der Waals surface area contributed by atoms with Gasteiger partial charge in [-0.3, -0.25) is 9.59 Å². The number of aromatic nitrogens is 1. The number of carbonyl (C=O) groups excluding carboxylic acids is 1. The van der Waals surface area contributed by atoms with Crippen molar-refractivity contribution in [2.75, 3.05) is 0 Å². The van der Waals surface area contributed by atoms with Crippen LogP contribution in [0.25, 0.3) is 0 Å². The second-order valence-corrected chi connectivity index (χ2v) is 4.97. The lowest BCUT2D eigenvalue weighted by molar-refractivity contribution is -0.123. The van der Waals surface area contributed by atoms with Gasteiger partial charge in [0.05, 0.1) is 0 Å². The molecule has 1 amide bonds. The fraction of sp³-hybridized carbons (Fsp3) is 0.500. The third-order valence-electron chi connectivity index (χ3n) is 1.98. The van der Waals surface area contributed by atoms with E-state index in [0.29, 0.717) is 0 Å². The molecule has 16 heavy (non-hydrogen) atoms. The highest BCUT2D eigenvalue weighted by Crippen LogP contribution is 1.98. The first-order chi connectivity index (χ1) is 7.28. The molecule has 0 saturated heterocycles. The van der Waals surface area contributed by atoms with Crippen molar-refractivity contribution in [3.05, 3.63) is 34.2 Å². The molecular formula is C12H18N2O2. The summed E-state index contributed by atoms with van der Waals surface area (Å²) >= 11 is 0. The van der Waals surface area contributed by atoms with E-state index in [9.17, 15) is 9.59 Å². The summed E-state index contributed by atoms with van der Waals surface area (Å²) in [5, 5.41) is 2.81. The molecule has 4 nitrogen and oxygen atoms in total. The van der Waals surface area contributed by atoms with Crippen LogP contribution in [0.3, 0.4) is 0 Å². The highest BCUT2D eigenvalue weighted by Gasteiger charge is 2.13. The Labute approximate surface area is 95.3 Å². The van der Waals surface area contributed by atoms with Crippen molar-refractivity contribution in [2.45, 2.75) is 39.8 Å². The van der Waals surface area contributed by atoms with Crippen LogP contribution >= 0.6 is 0 Å². The molecule has 0 saturated carbocycles.